The second kappa shape index (κ2) is 3.71. The lowest BCUT2D eigenvalue weighted by molar-refractivity contribution is -0.109. The predicted molar refractivity (Wildman–Crippen MR) is 51.4 cm³/mol. The van der Waals surface area contributed by atoms with Crippen LogP contribution in [0.2, 0.25) is 0 Å². The van der Waals surface area contributed by atoms with E-state index < -0.39 is 0 Å². The van der Waals surface area contributed by atoms with E-state index in [9.17, 15) is 4.79 Å². The third-order valence-electron chi connectivity index (χ3n) is 2.55. The largest absolute Gasteiger partial charge is 0.302 e. The maximum atomic E-state index is 10.5. The number of nitrogens with one attached hydrogen (secondary N) is 1. The molecular weight excluding hydrogens is 162 g/mol. The molecule has 0 spiro atoms. The first-order valence-corrected chi connectivity index (χ1v) is 4.66. The molecule has 1 aromatic rings. The Bertz CT molecular complexity index is 283. The van der Waals surface area contributed by atoms with E-state index in [1.165, 1.54) is 5.56 Å². The highest BCUT2D eigenvalue weighted by Crippen LogP contribution is 2.25. The summed E-state index contributed by atoms with van der Waals surface area (Å²) in [6.07, 6.45) is 3.03. The molecule has 68 valence electrons. The summed E-state index contributed by atoms with van der Waals surface area (Å²) in [5.41, 5.74) is 1.28. The molecule has 13 heavy (non-hydrogen) atoms. The highest BCUT2D eigenvalue weighted by Gasteiger charge is 2.23. The van der Waals surface area contributed by atoms with Crippen LogP contribution in [0, 0.1) is 0 Å². The number of carbonyl (C=O) groups is 1. The van der Waals surface area contributed by atoms with Crippen LogP contribution in [0.5, 0.6) is 0 Å². The fourth-order valence-corrected chi connectivity index (χ4v) is 1.83. The molecule has 0 amide bonds. The van der Waals surface area contributed by atoms with Gasteiger partial charge in [-0.3, -0.25) is 0 Å². The Morgan fingerprint density at radius 1 is 1.23 bits per heavy atom. The van der Waals surface area contributed by atoms with Gasteiger partial charge in [-0.05, 0) is 18.4 Å². The van der Waals surface area contributed by atoms with Crippen molar-refractivity contribution >= 4 is 6.29 Å². The second-order valence-electron chi connectivity index (χ2n) is 3.45. The van der Waals surface area contributed by atoms with Crippen molar-refractivity contribution in [2.45, 2.75) is 24.9 Å². The maximum absolute atomic E-state index is 10.5. The number of aldehydes is 1. The minimum absolute atomic E-state index is 0.0604. The van der Waals surface area contributed by atoms with Gasteiger partial charge in [0.25, 0.3) is 0 Å². The molecule has 1 heterocycles. The van der Waals surface area contributed by atoms with Crippen molar-refractivity contribution in [1.29, 1.82) is 0 Å². The van der Waals surface area contributed by atoms with E-state index in [0.29, 0.717) is 6.04 Å². The number of benzene rings is 1. The number of hydrogen-bond donors (Lipinski definition) is 1. The summed E-state index contributed by atoms with van der Waals surface area (Å²) in [5.74, 6) is 0. The lowest BCUT2D eigenvalue weighted by atomic mass is 10.1. The Kier molecular flexibility index (Phi) is 2.41. The minimum Gasteiger partial charge on any atom is -0.302 e. The lowest BCUT2D eigenvalue weighted by Gasteiger charge is -2.10. The average Bonchev–Trinajstić information content (AvgIpc) is 2.67. The van der Waals surface area contributed by atoms with E-state index in [1.807, 2.05) is 18.2 Å². The van der Waals surface area contributed by atoms with Gasteiger partial charge in [-0.25, -0.2) is 0 Å². The molecule has 1 saturated heterocycles. The summed E-state index contributed by atoms with van der Waals surface area (Å²) in [7, 11) is 0. The predicted octanol–water partition coefficient (Wildman–Crippen LogP) is 1.68. The third kappa shape index (κ3) is 1.78. The van der Waals surface area contributed by atoms with Gasteiger partial charge in [-0.2, -0.15) is 0 Å². The zero-order chi connectivity index (χ0) is 9.10. The van der Waals surface area contributed by atoms with Crippen molar-refractivity contribution in [2.75, 3.05) is 0 Å². The molecular formula is C11H13NO. The summed E-state index contributed by atoms with van der Waals surface area (Å²) in [6.45, 7) is 0. The molecule has 2 nitrogen and oxygen atoms in total. The molecule has 1 unspecified atom stereocenters. The van der Waals surface area contributed by atoms with Crippen LogP contribution in [0.1, 0.15) is 24.4 Å². The first-order valence-electron chi connectivity index (χ1n) is 4.66. The molecule has 0 radical (unpaired) electrons. The Hall–Kier alpha value is -1.15. The summed E-state index contributed by atoms with van der Waals surface area (Å²) in [6, 6.07) is 10.7. The SMILES string of the molecule is O=CC1CC[C@H](c2ccccc2)N1. The highest BCUT2D eigenvalue weighted by molar-refractivity contribution is 5.58. The molecule has 0 bridgehead atoms. The molecule has 0 saturated carbocycles. The molecule has 2 rings (SSSR count). The Labute approximate surface area is 78.0 Å². The van der Waals surface area contributed by atoms with Crippen LogP contribution in [0.15, 0.2) is 30.3 Å². The van der Waals surface area contributed by atoms with E-state index in [2.05, 4.69) is 17.4 Å². The first kappa shape index (κ1) is 8.45. The first-order chi connectivity index (χ1) is 6.40. The van der Waals surface area contributed by atoms with Crippen LogP contribution in [-0.2, 0) is 4.79 Å². The molecule has 1 aromatic carbocycles. The molecule has 0 aromatic heterocycles. The van der Waals surface area contributed by atoms with Crippen molar-refractivity contribution in [1.82, 2.24) is 5.32 Å². The van der Waals surface area contributed by atoms with Crippen LogP contribution < -0.4 is 5.32 Å². The van der Waals surface area contributed by atoms with Crippen LogP contribution >= 0.6 is 0 Å². The van der Waals surface area contributed by atoms with E-state index in [1.54, 1.807) is 0 Å². The summed E-state index contributed by atoms with van der Waals surface area (Å²) < 4.78 is 0. The highest BCUT2D eigenvalue weighted by atomic mass is 16.1. The van der Waals surface area contributed by atoms with E-state index in [0.717, 1.165) is 19.1 Å². The molecule has 0 aliphatic carbocycles. The van der Waals surface area contributed by atoms with Crippen LogP contribution in [-0.4, -0.2) is 12.3 Å². The van der Waals surface area contributed by atoms with Gasteiger partial charge in [-0.1, -0.05) is 30.3 Å². The van der Waals surface area contributed by atoms with E-state index in [4.69, 9.17) is 0 Å². The van der Waals surface area contributed by atoms with Crippen molar-refractivity contribution in [3.05, 3.63) is 35.9 Å². The molecule has 2 atom stereocenters. The van der Waals surface area contributed by atoms with E-state index in [-0.39, 0.29) is 6.04 Å². The molecule has 1 aliphatic rings. The van der Waals surface area contributed by atoms with Crippen LogP contribution in [0.25, 0.3) is 0 Å². The van der Waals surface area contributed by atoms with Gasteiger partial charge in [0, 0.05) is 6.04 Å². The van der Waals surface area contributed by atoms with Crippen molar-refractivity contribution in [3.63, 3.8) is 0 Å². The van der Waals surface area contributed by atoms with Crippen molar-refractivity contribution in [2.24, 2.45) is 0 Å². The quantitative estimate of drug-likeness (QED) is 0.693. The molecule has 1 fully saturated rings. The topological polar surface area (TPSA) is 29.1 Å². The molecule has 2 heteroatoms. The Morgan fingerprint density at radius 2 is 2.00 bits per heavy atom. The fraction of sp³-hybridized carbons (Fsp3) is 0.364. The van der Waals surface area contributed by atoms with Crippen LogP contribution in [0.4, 0.5) is 0 Å². The number of hydrogen-bond acceptors (Lipinski definition) is 2. The lowest BCUT2D eigenvalue weighted by Crippen LogP contribution is -2.25. The number of rotatable bonds is 2. The van der Waals surface area contributed by atoms with Gasteiger partial charge >= 0.3 is 0 Å². The zero-order valence-corrected chi connectivity index (χ0v) is 7.44. The average molecular weight is 175 g/mol. The van der Waals surface area contributed by atoms with Gasteiger partial charge in [0.15, 0.2) is 0 Å². The Morgan fingerprint density at radius 3 is 2.62 bits per heavy atom. The summed E-state index contributed by atoms with van der Waals surface area (Å²) in [5, 5.41) is 3.29. The van der Waals surface area contributed by atoms with Gasteiger partial charge < -0.3 is 10.1 Å². The Balaban J connectivity index is 2.08. The fourth-order valence-electron chi connectivity index (χ4n) is 1.83. The molecule has 1 aliphatic heterocycles. The monoisotopic (exact) mass is 175 g/mol. The van der Waals surface area contributed by atoms with Crippen molar-refractivity contribution in [3.8, 4) is 0 Å². The standard InChI is InChI=1S/C11H13NO/c13-8-10-6-7-11(12-10)9-4-2-1-3-5-9/h1-5,8,10-12H,6-7H2/t10?,11-/m1/s1. The number of carbonyl (C=O) groups excluding carboxylic acids is 1. The van der Waals surface area contributed by atoms with Crippen LogP contribution in [0.3, 0.4) is 0 Å². The second-order valence-corrected chi connectivity index (χ2v) is 3.45. The van der Waals surface area contributed by atoms with E-state index >= 15 is 0 Å². The normalized spacial score (nSPS) is 27.4. The maximum Gasteiger partial charge on any atom is 0.136 e. The van der Waals surface area contributed by atoms with Gasteiger partial charge in [0.05, 0.1) is 6.04 Å². The zero-order valence-electron chi connectivity index (χ0n) is 7.44. The third-order valence-corrected chi connectivity index (χ3v) is 2.55. The van der Waals surface area contributed by atoms with Gasteiger partial charge in [-0.15, -0.1) is 0 Å². The van der Waals surface area contributed by atoms with Gasteiger partial charge in [0.1, 0.15) is 6.29 Å². The van der Waals surface area contributed by atoms with Gasteiger partial charge in [0.2, 0.25) is 0 Å². The summed E-state index contributed by atoms with van der Waals surface area (Å²) >= 11 is 0. The smallest absolute Gasteiger partial charge is 0.136 e. The summed E-state index contributed by atoms with van der Waals surface area (Å²) in [4.78, 5) is 10.5. The molecule has 1 N–H and O–H groups in total. The van der Waals surface area contributed by atoms with Crippen molar-refractivity contribution < 1.29 is 4.79 Å². The minimum atomic E-state index is 0.0604.